The Balaban J connectivity index is 2.89. The van der Waals surface area contributed by atoms with Crippen molar-refractivity contribution >= 4 is 38.3 Å². The van der Waals surface area contributed by atoms with E-state index in [0.717, 1.165) is 5.56 Å². The summed E-state index contributed by atoms with van der Waals surface area (Å²) in [5, 5.41) is 0. The van der Waals surface area contributed by atoms with Crippen LogP contribution >= 0.6 is 31.9 Å². The van der Waals surface area contributed by atoms with E-state index in [2.05, 4.69) is 31.9 Å². The Labute approximate surface area is 87.2 Å². The van der Waals surface area contributed by atoms with Crippen LogP contribution in [0.1, 0.15) is 5.56 Å². The first-order valence-corrected chi connectivity index (χ1v) is 4.80. The zero-order valence-corrected chi connectivity index (χ0v) is 9.21. The molecule has 0 saturated carbocycles. The Morgan fingerprint density at radius 3 is 2.33 bits per heavy atom. The summed E-state index contributed by atoms with van der Waals surface area (Å²) in [7, 11) is 0. The summed E-state index contributed by atoms with van der Waals surface area (Å²) < 4.78 is 3.87. The maximum absolute atomic E-state index is 10.1. The highest BCUT2D eigenvalue weighted by molar-refractivity contribution is 9.24. The van der Waals surface area contributed by atoms with E-state index in [1.165, 1.54) is 0 Å². The monoisotopic (exact) mass is 292 g/mol. The Morgan fingerprint density at radius 1 is 1.25 bits per heavy atom. The van der Waals surface area contributed by atoms with Gasteiger partial charge in [-0.3, -0.25) is 4.79 Å². The van der Waals surface area contributed by atoms with Crippen LogP contribution in [-0.2, 0) is 13.0 Å². The lowest BCUT2D eigenvalue weighted by molar-refractivity contribution is -0.131. The molecular formula is C8H6Br2O2. The molecule has 1 rings (SSSR count). The van der Waals surface area contributed by atoms with E-state index in [1.807, 2.05) is 30.3 Å². The van der Waals surface area contributed by atoms with Crippen molar-refractivity contribution < 1.29 is 9.53 Å². The number of hydrogen-bond acceptors (Lipinski definition) is 2. The largest absolute Gasteiger partial charge is 0.435 e. The summed E-state index contributed by atoms with van der Waals surface area (Å²) >= 11 is 6.43. The van der Waals surface area contributed by atoms with Crippen molar-refractivity contribution in [2.75, 3.05) is 0 Å². The predicted octanol–water partition coefficient (Wildman–Crippen LogP) is 2.76. The molecule has 0 aromatic heterocycles. The van der Waals surface area contributed by atoms with Gasteiger partial charge in [0.25, 0.3) is 6.47 Å². The standard InChI is InChI=1S/C8H6Br2O2/c9-8(10,12-6-11)7-4-2-1-3-5-7/h1-6H. The van der Waals surface area contributed by atoms with Gasteiger partial charge >= 0.3 is 0 Å². The number of alkyl halides is 2. The lowest BCUT2D eigenvalue weighted by Crippen LogP contribution is -2.12. The van der Waals surface area contributed by atoms with Gasteiger partial charge in [0.05, 0.1) is 0 Å². The first kappa shape index (κ1) is 9.74. The lowest BCUT2D eigenvalue weighted by atomic mass is 10.2. The van der Waals surface area contributed by atoms with Crippen molar-refractivity contribution in [3.63, 3.8) is 0 Å². The van der Waals surface area contributed by atoms with Crippen LogP contribution in [0.4, 0.5) is 0 Å². The molecule has 64 valence electrons. The lowest BCUT2D eigenvalue weighted by Gasteiger charge is -2.17. The fourth-order valence-corrected chi connectivity index (χ4v) is 1.44. The molecule has 0 saturated heterocycles. The summed E-state index contributed by atoms with van der Waals surface area (Å²) in [6.07, 6.45) is 0. The minimum atomic E-state index is -0.900. The van der Waals surface area contributed by atoms with Crippen LogP contribution in [-0.4, -0.2) is 6.47 Å². The van der Waals surface area contributed by atoms with Gasteiger partial charge in [-0.2, -0.15) is 0 Å². The van der Waals surface area contributed by atoms with Crippen molar-refractivity contribution in [1.29, 1.82) is 0 Å². The average molecular weight is 294 g/mol. The van der Waals surface area contributed by atoms with Crippen molar-refractivity contribution in [1.82, 2.24) is 0 Å². The number of carbonyl (C=O) groups is 1. The number of carbonyl (C=O) groups excluding carboxylic acids is 1. The van der Waals surface area contributed by atoms with Gasteiger partial charge in [0.15, 0.2) is 0 Å². The Kier molecular flexibility index (Phi) is 3.29. The number of hydrogen-bond donors (Lipinski definition) is 0. The SMILES string of the molecule is O=COC(Br)(Br)c1ccccc1. The number of rotatable bonds is 3. The summed E-state index contributed by atoms with van der Waals surface area (Å²) in [4.78, 5) is 10.1. The quantitative estimate of drug-likeness (QED) is 0.633. The smallest absolute Gasteiger partial charge is 0.295 e. The van der Waals surface area contributed by atoms with Gasteiger partial charge in [0, 0.05) is 5.56 Å². The molecule has 0 aliphatic carbocycles. The normalized spacial score (nSPS) is 10.8. The maximum Gasteiger partial charge on any atom is 0.295 e. The first-order chi connectivity index (χ1) is 5.67. The zero-order valence-electron chi connectivity index (χ0n) is 6.04. The van der Waals surface area contributed by atoms with Gasteiger partial charge in [-0.05, 0) is 31.9 Å². The van der Waals surface area contributed by atoms with Crippen molar-refractivity contribution in [2.24, 2.45) is 0 Å². The molecule has 0 N–H and O–H groups in total. The molecule has 2 nitrogen and oxygen atoms in total. The molecule has 0 aliphatic heterocycles. The molecular weight excluding hydrogens is 288 g/mol. The summed E-state index contributed by atoms with van der Waals surface area (Å²) in [5.74, 6) is 0. The van der Waals surface area contributed by atoms with Crippen LogP contribution in [0.2, 0.25) is 0 Å². The molecule has 0 atom stereocenters. The van der Waals surface area contributed by atoms with E-state index < -0.39 is 3.42 Å². The molecule has 0 heterocycles. The van der Waals surface area contributed by atoms with Crippen LogP contribution in [0.3, 0.4) is 0 Å². The van der Waals surface area contributed by atoms with Crippen molar-refractivity contribution in [2.45, 2.75) is 3.42 Å². The third-order valence-corrected chi connectivity index (χ3v) is 2.60. The number of halogens is 2. The second kappa shape index (κ2) is 4.05. The molecule has 0 amide bonds. The maximum atomic E-state index is 10.1. The minimum Gasteiger partial charge on any atom is -0.435 e. The minimum absolute atomic E-state index is 0.385. The molecule has 1 aromatic rings. The van der Waals surface area contributed by atoms with Crippen LogP contribution in [0.5, 0.6) is 0 Å². The van der Waals surface area contributed by atoms with Gasteiger partial charge < -0.3 is 4.74 Å². The fraction of sp³-hybridized carbons (Fsp3) is 0.125. The highest BCUT2D eigenvalue weighted by Crippen LogP contribution is 2.38. The number of ether oxygens (including phenoxy) is 1. The highest BCUT2D eigenvalue weighted by atomic mass is 79.9. The Bertz CT molecular complexity index is 259. The third-order valence-electron chi connectivity index (χ3n) is 1.31. The van der Waals surface area contributed by atoms with Gasteiger partial charge in [-0.1, -0.05) is 30.3 Å². The van der Waals surface area contributed by atoms with E-state index in [4.69, 9.17) is 4.74 Å². The molecule has 4 heteroatoms. The molecule has 0 fully saturated rings. The van der Waals surface area contributed by atoms with Gasteiger partial charge in [0.1, 0.15) is 0 Å². The fourth-order valence-electron chi connectivity index (χ4n) is 0.761. The van der Waals surface area contributed by atoms with E-state index >= 15 is 0 Å². The second-order valence-electron chi connectivity index (χ2n) is 2.10. The van der Waals surface area contributed by atoms with Gasteiger partial charge in [-0.25, -0.2) is 0 Å². The molecule has 12 heavy (non-hydrogen) atoms. The van der Waals surface area contributed by atoms with Crippen molar-refractivity contribution in [3.05, 3.63) is 35.9 Å². The molecule has 1 aromatic carbocycles. The molecule has 0 bridgehead atoms. The summed E-state index contributed by atoms with van der Waals surface area (Å²) in [6, 6.07) is 9.29. The third kappa shape index (κ3) is 2.32. The van der Waals surface area contributed by atoms with Gasteiger partial charge in [-0.15, -0.1) is 0 Å². The molecule has 0 radical (unpaired) electrons. The van der Waals surface area contributed by atoms with E-state index in [9.17, 15) is 4.79 Å². The average Bonchev–Trinajstić information content (AvgIpc) is 2.06. The van der Waals surface area contributed by atoms with Crippen LogP contribution in [0.25, 0.3) is 0 Å². The van der Waals surface area contributed by atoms with Crippen molar-refractivity contribution in [3.8, 4) is 0 Å². The van der Waals surface area contributed by atoms with E-state index in [0.29, 0.717) is 6.47 Å². The topological polar surface area (TPSA) is 26.3 Å². The summed E-state index contributed by atoms with van der Waals surface area (Å²) in [6.45, 7) is 0.385. The van der Waals surface area contributed by atoms with Crippen LogP contribution in [0, 0.1) is 0 Å². The Hall–Kier alpha value is -0.350. The predicted molar refractivity (Wildman–Crippen MR) is 53.1 cm³/mol. The molecule has 0 spiro atoms. The first-order valence-electron chi connectivity index (χ1n) is 3.21. The number of benzene rings is 1. The Morgan fingerprint density at radius 2 is 1.83 bits per heavy atom. The molecule has 0 unspecified atom stereocenters. The second-order valence-corrected chi connectivity index (χ2v) is 5.39. The van der Waals surface area contributed by atoms with E-state index in [-0.39, 0.29) is 0 Å². The molecule has 0 aliphatic rings. The highest BCUT2D eigenvalue weighted by Gasteiger charge is 2.25. The summed E-state index contributed by atoms with van der Waals surface area (Å²) in [5.41, 5.74) is 0.831. The van der Waals surface area contributed by atoms with Crippen LogP contribution in [0.15, 0.2) is 30.3 Å². The van der Waals surface area contributed by atoms with Gasteiger partial charge in [0.2, 0.25) is 3.42 Å². The van der Waals surface area contributed by atoms with E-state index in [1.54, 1.807) is 0 Å². The van der Waals surface area contributed by atoms with Crippen LogP contribution < -0.4 is 0 Å². The zero-order chi connectivity index (χ0) is 9.03.